The van der Waals surface area contributed by atoms with Gasteiger partial charge in [0.1, 0.15) is 33.8 Å². The second-order valence-corrected chi connectivity index (χ2v) is 8.63. The van der Waals surface area contributed by atoms with E-state index in [1.54, 1.807) is 6.07 Å². The van der Waals surface area contributed by atoms with Crippen molar-refractivity contribution in [1.82, 2.24) is 0 Å². The summed E-state index contributed by atoms with van der Waals surface area (Å²) in [6.45, 7) is 0. The number of nitrogens with zero attached hydrogens (tertiary/aromatic N) is 1. The number of nitrogens with one attached hydrogen (secondary N) is 1. The first-order valence-electron chi connectivity index (χ1n) is 9.91. The van der Waals surface area contributed by atoms with Crippen molar-refractivity contribution in [2.75, 3.05) is 18.9 Å². The third-order valence-corrected chi connectivity index (χ3v) is 6.36. The molecule has 0 atom stereocenters. The Balaban J connectivity index is 1.89. The van der Waals surface area contributed by atoms with Crippen LogP contribution in [0.2, 0.25) is 0 Å². The summed E-state index contributed by atoms with van der Waals surface area (Å²) in [6.07, 6.45) is 0. The van der Waals surface area contributed by atoms with Crippen LogP contribution in [-0.4, -0.2) is 22.6 Å². The van der Waals surface area contributed by atoms with Crippen LogP contribution in [0.5, 0.6) is 11.5 Å². The summed E-state index contributed by atoms with van der Waals surface area (Å²) < 4.78 is 45.4. The molecule has 0 aliphatic heterocycles. The average Bonchev–Trinajstić information content (AvgIpc) is 3.22. The molecule has 4 rings (SSSR count). The second kappa shape index (κ2) is 9.10. The van der Waals surface area contributed by atoms with E-state index in [2.05, 4.69) is 10.8 Å². The van der Waals surface area contributed by atoms with Crippen molar-refractivity contribution >= 4 is 15.9 Å². The van der Waals surface area contributed by atoms with E-state index in [4.69, 9.17) is 13.9 Å². The summed E-state index contributed by atoms with van der Waals surface area (Å²) in [5.41, 5.74) is 2.00. The van der Waals surface area contributed by atoms with Crippen LogP contribution < -0.4 is 14.2 Å². The molecule has 0 unspecified atom stereocenters. The predicted octanol–water partition coefficient (Wildman–Crippen LogP) is 5.30. The fourth-order valence-electron chi connectivity index (χ4n) is 3.45. The van der Waals surface area contributed by atoms with E-state index in [0.29, 0.717) is 22.6 Å². The smallest absolute Gasteiger partial charge is 0.268 e. The van der Waals surface area contributed by atoms with Crippen molar-refractivity contribution < 1.29 is 22.3 Å². The fraction of sp³-hybridized carbons (Fsp3) is 0.0800. The zero-order valence-electron chi connectivity index (χ0n) is 17.9. The highest BCUT2D eigenvalue weighted by molar-refractivity contribution is 7.92. The van der Waals surface area contributed by atoms with E-state index >= 15 is 0 Å². The number of methoxy groups -OCH3 is 2. The molecule has 0 aliphatic carbocycles. The Labute approximate surface area is 191 Å². The Morgan fingerprint density at radius 3 is 2.09 bits per heavy atom. The van der Waals surface area contributed by atoms with Crippen LogP contribution in [-0.2, 0) is 10.0 Å². The highest BCUT2D eigenvalue weighted by Crippen LogP contribution is 2.42. The van der Waals surface area contributed by atoms with Crippen molar-refractivity contribution in [2.24, 2.45) is 0 Å². The van der Waals surface area contributed by atoms with E-state index in [1.165, 1.54) is 26.4 Å². The molecule has 7 nitrogen and oxygen atoms in total. The quantitative estimate of drug-likeness (QED) is 0.401. The van der Waals surface area contributed by atoms with Crippen molar-refractivity contribution in [3.63, 3.8) is 0 Å². The molecular formula is C25H20N2O5S. The second-order valence-electron chi connectivity index (χ2n) is 6.98. The monoisotopic (exact) mass is 460 g/mol. The maximum atomic E-state index is 13.3. The molecule has 1 aromatic heterocycles. The van der Waals surface area contributed by atoms with Gasteiger partial charge in [-0.25, -0.2) is 13.1 Å². The topological polar surface area (TPSA) is 102 Å². The number of hydrogen-bond donors (Lipinski definition) is 1. The Kier molecular flexibility index (Phi) is 6.07. The van der Waals surface area contributed by atoms with Gasteiger partial charge in [0, 0.05) is 17.2 Å². The zero-order chi connectivity index (χ0) is 23.4. The Bertz CT molecular complexity index is 1420. The van der Waals surface area contributed by atoms with Gasteiger partial charge in [-0.1, -0.05) is 60.7 Å². The van der Waals surface area contributed by atoms with Crippen LogP contribution >= 0.6 is 0 Å². The first-order valence-corrected chi connectivity index (χ1v) is 11.4. The van der Waals surface area contributed by atoms with Crippen molar-refractivity contribution in [2.45, 2.75) is 4.90 Å². The lowest BCUT2D eigenvalue weighted by Crippen LogP contribution is -2.14. The molecule has 3 aromatic carbocycles. The SMILES string of the molecule is COc1ccc(OC)c(S(=O)(=O)Nc2oc(-c3ccccc3)c(-c3ccccc3)c2C#N)c1. The first-order chi connectivity index (χ1) is 16.0. The maximum Gasteiger partial charge on any atom is 0.268 e. The Hall–Kier alpha value is -4.22. The molecule has 8 heteroatoms. The first kappa shape index (κ1) is 22.0. The molecule has 4 aromatic rings. The number of benzene rings is 3. The largest absolute Gasteiger partial charge is 0.497 e. The number of nitriles is 1. The van der Waals surface area contributed by atoms with Crippen LogP contribution in [0.15, 0.2) is 88.2 Å². The van der Waals surface area contributed by atoms with Crippen LogP contribution in [0, 0.1) is 11.3 Å². The molecule has 0 radical (unpaired) electrons. The van der Waals surface area contributed by atoms with E-state index in [1.807, 2.05) is 60.7 Å². The van der Waals surface area contributed by atoms with E-state index in [0.717, 1.165) is 5.56 Å². The molecule has 0 amide bonds. The van der Waals surface area contributed by atoms with E-state index < -0.39 is 10.0 Å². The summed E-state index contributed by atoms with van der Waals surface area (Å²) in [5, 5.41) is 9.98. The summed E-state index contributed by atoms with van der Waals surface area (Å²) in [6, 6.07) is 24.9. The number of hydrogen-bond acceptors (Lipinski definition) is 6. The minimum atomic E-state index is -4.19. The number of rotatable bonds is 7. The number of ether oxygens (including phenoxy) is 2. The van der Waals surface area contributed by atoms with Crippen molar-refractivity contribution in [3.8, 4) is 40.0 Å². The summed E-state index contributed by atoms with van der Waals surface area (Å²) >= 11 is 0. The summed E-state index contributed by atoms with van der Waals surface area (Å²) in [4.78, 5) is -0.146. The lowest BCUT2D eigenvalue weighted by Gasteiger charge is -2.11. The fourth-order valence-corrected chi connectivity index (χ4v) is 4.64. The standard InChI is InChI=1S/C25H20N2O5S/c1-30-19-13-14-21(31-2)22(15-19)33(28,29)27-25-20(16-26)23(17-9-5-3-6-10-17)24(32-25)18-11-7-4-8-12-18/h3-15,27H,1-2H3. The minimum Gasteiger partial charge on any atom is -0.497 e. The van der Waals surface area contributed by atoms with Gasteiger partial charge in [0.05, 0.1) is 14.2 Å². The number of anilines is 1. The summed E-state index contributed by atoms with van der Waals surface area (Å²) in [5.74, 6) is 0.666. The molecule has 0 bridgehead atoms. The van der Waals surface area contributed by atoms with Crippen LogP contribution in [0.1, 0.15) is 5.56 Å². The molecule has 1 N–H and O–H groups in total. The van der Waals surface area contributed by atoms with Gasteiger partial charge in [-0.2, -0.15) is 5.26 Å². The third-order valence-electron chi connectivity index (χ3n) is 5.01. The summed E-state index contributed by atoms with van der Waals surface area (Å²) in [7, 11) is -1.38. The molecule has 166 valence electrons. The van der Waals surface area contributed by atoms with Crippen LogP contribution in [0.25, 0.3) is 22.5 Å². The molecule has 0 saturated carbocycles. The predicted molar refractivity (Wildman–Crippen MR) is 125 cm³/mol. The van der Waals surface area contributed by atoms with Crippen LogP contribution in [0.4, 0.5) is 5.88 Å². The molecule has 0 saturated heterocycles. The number of sulfonamides is 1. The molecule has 0 aliphatic rings. The van der Waals surface area contributed by atoms with Gasteiger partial charge in [-0.15, -0.1) is 0 Å². The Morgan fingerprint density at radius 2 is 1.52 bits per heavy atom. The molecule has 0 fully saturated rings. The van der Waals surface area contributed by atoms with Gasteiger partial charge in [-0.05, 0) is 17.7 Å². The zero-order valence-corrected chi connectivity index (χ0v) is 18.7. The van der Waals surface area contributed by atoms with Gasteiger partial charge in [0.2, 0.25) is 5.88 Å². The molecular weight excluding hydrogens is 440 g/mol. The van der Waals surface area contributed by atoms with Gasteiger partial charge in [0.15, 0.2) is 0 Å². The normalized spacial score (nSPS) is 10.9. The van der Waals surface area contributed by atoms with E-state index in [-0.39, 0.29) is 22.1 Å². The highest BCUT2D eigenvalue weighted by atomic mass is 32.2. The molecule has 33 heavy (non-hydrogen) atoms. The number of furan rings is 1. The average molecular weight is 461 g/mol. The lowest BCUT2D eigenvalue weighted by atomic mass is 9.98. The van der Waals surface area contributed by atoms with Crippen molar-refractivity contribution in [3.05, 3.63) is 84.4 Å². The molecule has 1 heterocycles. The maximum absolute atomic E-state index is 13.3. The van der Waals surface area contributed by atoms with Gasteiger partial charge in [-0.3, -0.25) is 0 Å². The van der Waals surface area contributed by atoms with Gasteiger partial charge < -0.3 is 13.9 Å². The highest BCUT2D eigenvalue weighted by Gasteiger charge is 2.28. The minimum absolute atomic E-state index is 0.0745. The van der Waals surface area contributed by atoms with E-state index in [9.17, 15) is 13.7 Å². The van der Waals surface area contributed by atoms with Gasteiger partial charge in [0.25, 0.3) is 10.0 Å². The van der Waals surface area contributed by atoms with Crippen molar-refractivity contribution in [1.29, 1.82) is 5.26 Å². The van der Waals surface area contributed by atoms with Gasteiger partial charge >= 0.3 is 0 Å². The Morgan fingerprint density at radius 1 is 0.879 bits per heavy atom. The van der Waals surface area contributed by atoms with Crippen LogP contribution in [0.3, 0.4) is 0 Å². The third kappa shape index (κ3) is 4.27. The lowest BCUT2D eigenvalue weighted by molar-refractivity contribution is 0.392. The molecule has 0 spiro atoms.